The average Bonchev–Trinajstić information content (AvgIpc) is 2.32. The molecule has 18 heavy (non-hydrogen) atoms. The fourth-order valence-corrected chi connectivity index (χ4v) is 3.06. The van der Waals surface area contributed by atoms with Gasteiger partial charge in [0.2, 0.25) is 0 Å². The molecule has 98 valence electrons. The molecule has 1 saturated carbocycles. The van der Waals surface area contributed by atoms with E-state index in [9.17, 15) is 9.90 Å². The fourth-order valence-electron chi connectivity index (χ4n) is 2.20. The molecule has 2 N–H and O–H groups in total. The predicted molar refractivity (Wildman–Crippen MR) is 74.9 cm³/mol. The van der Waals surface area contributed by atoms with Gasteiger partial charge >= 0.3 is 0 Å². The number of carbonyl (C=O) groups is 1. The summed E-state index contributed by atoms with van der Waals surface area (Å²) in [6.45, 7) is 0. The Balaban J connectivity index is 2.07. The molecule has 0 aliphatic heterocycles. The van der Waals surface area contributed by atoms with Crippen LogP contribution < -0.4 is 5.32 Å². The third-order valence-electron chi connectivity index (χ3n) is 3.22. The van der Waals surface area contributed by atoms with Crippen molar-refractivity contribution in [1.29, 1.82) is 0 Å². The second-order valence-electron chi connectivity index (χ2n) is 4.56. The molecule has 1 amide bonds. The third-order valence-corrected chi connectivity index (χ3v) is 4.11. The van der Waals surface area contributed by atoms with Gasteiger partial charge < -0.3 is 10.4 Å². The summed E-state index contributed by atoms with van der Waals surface area (Å²) in [7, 11) is 0. The SMILES string of the molecule is O=C(N[C@@H]1CCCC[C@H]1O)c1ccc(Cl)cc1Br. The summed E-state index contributed by atoms with van der Waals surface area (Å²) in [5.41, 5.74) is 0.539. The molecule has 0 spiro atoms. The van der Waals surface area contributed by atoms with Crippen LogP contribution in [0.2, 0.25) is 5.02 Å². The van der Waals surface area contributed by atoms with Gasteiger partial charge in [-0.3, -0.25) is 4.79 Å². The number of aliphatic hydroxyl groups excluding tert-OH is 1. The largest absolute Gasteiger partial charge is 0.391 e. The first-order chi connectivity index (χ1) is 8.58. The number of hydrogen-bond donors (Lipinski definition) is 2. The smallest absolute Gasteiger partial charge is 0.252 e. The molecule has 1 aliphatic carbocycles. The van der Waals surface area contributed by atoms with Crippen LogP contribution in [0.3, 0.4) is 0 Å². The van der Waals surface area contributed by atoms with Gasteiger partial charge in [-0.05, 0) is 47.0 Å². The standard InChI is InChI=1S/C13H15BrClNO2/c14-10-7-8(15)5-6-9(10)13(18)16-11-3-1-2-4-12(11)17/h5-7,11-12,17H,1-4H2,(H,16,18)/t11-,12-/m1/s1. The van der Waals surface area contributed by atoms with Crippen LogP contribution in [0.5, 0.6) is 0 Å². The predicted octanol–water partition coefficient (Wildman–Crippen LogP) is 3.14. The number of benzene rings is 1. The van der Waals surface area contributed by atoms with Crippen molar-refractivity contribution < 1.29 is 9.90 Å². The maximum absolute atomic E-state index is 12.1. The average molecular weight is 333 g/mol. The van der Waals surface area contributed by atoms with Crippen molar-refractivity contribution in [1.82, 2.24) is 5.32 Å². The Labute approximate surface area is 120 Å². The van der Waals surface area contributed by atoms with E-state index in [4.69, 9.17) is 11.6 Å². The second-order valence-corrected chi connectivity index (χ2v) is 5.85. The highest BCUT2D eigenvalue weighted by molar-refractivity contribution is 9.10. The van der Waals surface area contributed by atoms with Crippen LogP contribution in [0.4, 0.5) is 0 Å². The minimum Gasteiger partial charge on any atom is -0.391 e. The molecule has 2 rings (SSSR count). The van der Waals surface area contributed by atoms with E-state index >= 15 is 0 Å². The zero-order chi connectivity index (χ0) is 13.1. The van der Waals surface area contributed by atoms with E-state index < -0.39 is 6.10 Å². The maximum Gasteiger partial charge on any atom is 0.252 e. The van der Waals surface area contributed by atoms with Gasteiger partial charge in [0.05, 0.1) is 17.7 Å². The van der Waals surface area contributed by atoms with Gasteiger partial charge in [0, 0.05) is 9.50 Å². The molecular weight excluding hydrogens is 318 g/mol. The molecule has 2 atom stereocenters. The highest BCUT2D eigenvalue weighted by Gasteiger charge is 2.25. The monoisotopic (exact) mass is 331 g/mol. The van der Waals surface area contributed by atoms with Gasteiger partial charge in [-0.2, -0.15) is 0 Å². The minimum absolute atomic E-state index is 0.145. The summed E-state index contributed by atoms with van der Waals surface area (Å²) in [6, 6.07) is 4.90. The summed E-state index contributed by atoms with van der Waals surface area (Å²) < 4.78 is 0.665. The fraction of sp³-hybridized carbons (Fsp3) is 0.462. The quantitative estimate of drug-likeness (QED) is 0.874. The Morgan fingerprint density at radius 3 is 2.78 bits per heavy atom. The van der Waals surface area contributed by atoms with Crippen LogP contribution >= 0.6 is 27.5 Å². The van der Waals surface area contributed by atoms with Gasteiger partial charge in [0.25, 0.3) is 5.91 Å². The van der Waals surface area contributed by atoms with Crippen molar-refractivity contribution in [3.63, 3.8) is 0 Å². The summed E-state index contributed by atoms with van der Waals surface area (Å²) in [6.07, 6.45) is 3.22. The molecule has 0 unspecified atom stereocenters. The van der Waals surface area contributed by atoms with Crippen molar-refractivity contribution in [2.75, 3.05) is 0 Å². The van der Waals surface area contributed by atoms with Crippen LogP contribution in [-0.2, 0) is 0 Å². The molecule has 1 aromatic carbocycles. The van der Waals surface area contributed by atoms with E-state index in [1.54, 1.807) is 18.2 Å². The topological polar surface area (TPSA) is 49.3 Å². The first-order valence-electron chi connectivity index (χ1n) is 6.02. The van der Waals surface area contributed by atoms with Gasteiger partial charge in [-0.1, -0.05) is 24.4 Å². The molecule has 5 heteroatoms. The molecule has 0 aromatic heterocycles. The van der Waals surface area contributed by atoms with E-state index in [2.05, 4.69) is 21.2 Å². The van der Waals surface area contributed by atoms with Crippen molar-refractivity contribution in [3.05, 3.63) is 33.3 Å². The number of amides is 1. The van der Waals surface area contributed by atoms with Crippen LogP contribution in [0.1, 0.15) is 36.0 Å². The zero-order valence-electron chi connectivity index (χ0n) is 9.83. The first kappa shape index (κ1) is 13.8. The molecular formula is C13H15BrClNO2. The molecule has 1 fully saturated rings. The number of hydrogen-bond acceptors (Lipinski definition) is 2. The Hall–Kier alpha value is -0.580. The van der Waals surface area contributed by atoms with Gasteiger partial charge in [-0.25, -0.2) is 0 Å². The van der Waals surface area contributed by atoms with Gasteiger partial charge in [-0.15, -0.1) is 0 Å². The number of aliphatic hydroxyl groups is 1. The van der Waals surface area contributed by atoms with Crippen molar-refractivity contribution >= 4 is 33.4 Å². The Kier molecular flexibility index (Phi) is 4.65. The van der Waals surface area contributed by atoms with Gasteiger partial charge in [0.15, 0.2) is 0 Å². The van der Waals surface area contributed by atoms with Crippen molar-refractivity contribution in [3.8, 4) is 0 Å². The number of nitrogens with one attached hydrogen (secondary N) is 1. The van der Waals surface area contributed by atoms with Gasteiger partial charge in [0.1, 0.15) is 0 Å². The van der Waals surface area contributed by atoms with Crippen LogP contribution in [0.15, 0.2) is 22.7 Å². The summed E-state index contributed by atoms with van der Waals surface area (Å²) in [5, 5.41) is 13.3. The number of rotatable bonds is 2. The van der Waals surface area contributed by atoms with E-state index in [1.165, 1.54) is 0 Å². The lowest BCUT2D eigenvalue weighted by atomic mass is 9.92. The number of halogens is 2. The lowest BCUT2D eigenvalue weighted by Crippen LogP contribution is -2.45. The van der Waals surface area contributed by atoms with Crippen LogP contribution in [0.25, 0.3) is 0 Å². The molecule has 0 saturated heterocycles. The lowest BCUT2D eigenvalue weighted by molar-refractivity contribution is 0.0717. The zero-order valence-corrected chi connectivity index (χ0v) is 12.2. The molecule has 0 heterocycles. The summed E-state index contributed by atoms with van der Waals surface area (Å²) in [4.78, 5) is 12.1. The molecule has 1 aromatic rings. The first-order valence-corrected chi connectivity index (χ1v) is 7.19. The second kappa shape index (κ2) is 6.04. The Bertz CT molecular complexity index is 453. The Morgan fingerprint density at radius 1 is 1.39 bits per heavy atom. The highest BCUT2D eigenvalue weighted by atomic mass is 79.9. The van der Waals surface area contributed by atoms with E-state index in [0.29, 0.717) is 15.1 Å². The molecule has 0 radical (unpaired) electrons. The van der Waals surface area contributed by atoms with Crippen LogP contribution in [-0.4, -0.2) is 23.2 Å². The summed E-state index contributed by atoms with van der Waals surface area (Å²) in [5.74, 6) is -0.176. The maximum atomic E-state index is 12.1. The van der Waals surface area contributed by atoms with E-state index in [0.717, 1.165) is 25.7 Å². The molecule has 3 nitrogen and oxygen atoms in total. The highest BCUT2D eigenvalue weighted by Crippen LogP contribution is 2.23. The summed E-state index contributed by atoms with van der Waals surface area (Å²) >= 11 is 9.15. The third kappa shape index (κ3) is 3.25. The Morgan fingerprint density at radius 2 is 2.11 bits per heavy atom. The van der Waals surface area contributed by atoms with E-state index in [1.807, 2.05) is 0 Å². The number of carbonyl (C=O) groups excluding carboxylic acids is 1. The molecule has 1 aliphatic rings. The lowest BCUT2D eigenvalue weighted by Gasteiger charge is -2.28. The van der Waals surface area contributed by atoms with E-state index in [-0.39, 0.29) is 11.9 Å². The minimum atomic E-state index is -0.436. The van der Waals surface area contributed by atoms with Crippen LogP contribution in [0, 0.1) is 0 Å². The van der Waals surface area contributed by atoms with Crippen molar-refractivity contribution in [2.45, 2.75) is 37.8 Å². The normalized spacial score (nSPS) is 23.7. The molecule has 0 bridgehead atoms. The van der Waals surface area contributed by atoms with Crippen molar-refractivity contribution in [2.24, 2.45) is 0 Å².